The molecule has 13 heavy (non-hydrogen) atoms. The van der Waals surface area contributed by atoms with Crippen molar-refractivity contribution in [1.29, 1.82) is 0 Å². The van der Waals surface area contributed by atoms with Crippen molar-refractivity contribution in [2.24, 2.45) is 0 Å². The highest BCUT2D eigenvalue weighted by Gasteiger charge is 2.10. The molecule has 0 aliphatic heterocycles. The van der Waals surface area contributed by atoms with Gasteiger partial charge in [0.25, 0.3) is 0 Å². The predicted octanol–water partition coefficient (Wildman–Crippen LogP) is 3.36. The number of aromatic nitrogens is 2. The number of halogens is 2. The molecule has 0 fully saturated rings. The third-order valence-corrected chi connectivity index (χ3v) is 2.44. The number of hydrogen-bond acceptors (Lipinski definition) is 1. The summed E-state index contributed by atoms with van der Waals surface area (Å²) in [5.74, 6) is 0. The summed E-state index contributed by atoms with van der Waals surface area (Å²) < 4.78 is 14.0. The molecule has 2 aromatic rings. The van der Waals surface area contributed by atoms with E-state index in [-0.39, 0.29) is 0 Å². The van der Waals surface area contributed by atoms with Crippen LogP contribution in [-0.2, 0) is 0 Å². The fraction of sp³-hybridized carbons (Fsp3) is 0.222. The van der Waals surface area contributed by atoms with Crippen LogP contribution in [0.1, 0.15) is 18.8 Å². The van der Waals surface area contributed by atoms with Gasteiger partial charge in [-0.1, -0.05) is 15.9 Å². The van der Waals surface area contributed by atoms with Crippen LogP contribution in [0.15, 0.2) is 22.7 Å². The average molecular weight is 243 g/mol. The highest BCUT2D eigenvalue weighted by atomic mass is 79.9. The van der Waals surface area contributed by atoms with Crippen molar-refractivity contribution in [2.75, 3.05) is 0 Å². The monoisotopic (exact) mass is 242 g/mol. The molecule has 0 amide bonds. The average Bonchev–Trinajstić information content (AvgIpc) is 2.46. The van der Waals surface area contributed by atoms with Gasteiger partial charge in [-0.2, -0.15) is 5.10 Å². The Balaban J connectivity index is 2.69. The van der Waals surface area contributed by atoms with Crippen LogP contribution < -0.4 is 0 Å². The number of rotatable bonds is 1. The van der Waals surface area contributed by atoms with Gasteiger partial charge in [0.1, 0.15) is 6.17 Å². The lowest BCUT2D eigenvalue weighted by Gasteiger charge is -1.97. The van der Waals surface area contributed by atoms with Crippen molar-refractivity contribution in [1.82, 2.24) is 10.2 Å². The number of hydrogen-bond donors (Lipinski definition) is 1. The van der Waals surface area contributed by atoms with Gasteiger partial charge in [0.05, 0.1) is 11.2 Å². The quantitative estimate of drug-likeness (QED) is 0.817. The number of nitrogens with zero attached hydrogens (tertiary/aromatic N) is 1. The molecule has 1 heterocycles. The Kier molecular flexibility index (Phi) is 2.07. The normalized spacial score (nSPS) is 13.5. The Labute approximate surface area is 83.3 Å². The molecule has 68 valence electrons. The van der Waals surface area contributed by atoms with Gasteiger partial charge < -0.3 is 0 Å². The second kappa shape index (κ2) is 3.10. The number of benzene rings is 1. The van der Waals surface area contributed by atoms with E-state index in [1.807, 2.05) is 18.2 Å². The largest absolute Gasteiger partial charge is 0.278 e. The molecule has 1 aromatic heterocycles. The molecule has 0 spiro atoms. The van der Waals surface area contributed by atoms with E-state index >= 15 is 0 Å². The first-order valence-electron chi connectivity index (χ1n) is 3.96. The molecule has 1 N–H and O–H groups in total. The molecule has 2 rings (SSSR count). The fourth-order valence-corrected chi connectivity index (χ4v) is 1.66. The van der Waals surface area contributed by atoms with Gasteiger partial charge in [-0.05, 0) is 25.1 Å². The maximum atomic E-state index is 13.0. The van der Waals surface area contributed by atoms with Crippen molar-refractivity contribution >= 4 is 26.8 Å². The molecule has 1 unspecified atom stereocenters. The van der Waals surface area contributed by atoms with Crippen LogP contribution in [0.5, 0.6) is 0 Å². The summed E-state index contributed by atoms with van der Waals surface area (Å²) >= 11 is 3.33. The summed E-state index contributed by atoms with van der Waals surface area (Å²) in [4.78, 5) is 0. The second-order valence-electron chi connectivity index (χ2n) is 2.91. The van der Waals surface area contributed by atoms with E-state index in [1.54, 1.807) is 0 Å². The number of nitrogens with one attached hydrogen (secondary N) is 1. The smallest absolute Gasteiger partial charge is 0.139 e. The van der Waals surface area contributed by atoms with Gasteiger partial charge in [0.2, 0.25) is 0 Å². The Morgan fingerprint density at radius 2 is 2.31 bits per heavy atom. The summed E-state index contributed by atoms with van der Waals surface area (Å²) in [6.45, 7) is 1.50. The lowest BCUT2D eigenvalue weighted by molar-refractivity contribution is 0.367. The molecule has 0 radical (unpaired) electrons. The van der Waals surface area contributed by atoms with Gasteiger partial charge in [-0.15, -0.1) is 0 Å². The molecule has 0 saturated heterocycles. The Hall–Kier alpha value is -0.900. The number of fused-ring (bicyclic) bond motifs is 1. The molecule has 1 atom stereocenters. The maximum absolute atomic E-state index is 13.0. The Morgan fingerprint density at radius 3 is 3.00 bits per heavy atom. The van der Waals surface area contributed by atoms with Crippen LogP contribution in [0.25, 0.3) is 10.9 Å². The molecule has 0 bridgehead atoms. The molecular weight excluding hydrogens is 235 g/mol. The van der Waals surface area contributed by atoms with E-state index in [1.165, 1.54) is 6.92 Å². The van der Waals surface area contributed by atoms with Crippen molar-refractivity contribution in [3.05, 3.63) is 28.4 Å². The zero-order chi connectivity index (χ0) is 9.42. The number of H-pyrrole nitrogens is 1. The first-order valence-corrected chi connectivity index (χ1v) is 4.75. The summed E-state index contributed by atoms with van der Waals surface area (Å²) in [5, 5.41) is 7.55. The van der Waals surface area contributed by atoms with Gasteiger partial charge in [0.15, 0.2) is 0 Å². The lowest BCUT2D eigenvalue weighted by Crippen LogP contribution is -1.85. The Morgan fingerprint density at radius 1 is 1.54 bits per heavy atom. The highest BCUT2D eigenvalue weighted by molar-refractivity contribution is 9.10. The van der Waals surface area contributed by atoms with Crippen molar-refractivity contribution in [3.63, 3.8) is 0 Å². The summed E-state index contributed by atoms with van der Waals surface area (Å²) in [5.41, 5.74) is 1.33. The predicted molar refractivity (Wildman–Crippen MR) is 53.3 cm³/mol. The van der Waals surface area contributed by atoms with Crippen LogP contribution in [-0.4, -0.2) is 10.2 Å². The van der Waals surface area contributed by atoms with Crippen molar-refractivity contribution in [2.45, 2.75) is 13.1 Å². The van der Waals surface area contributed by atoms with Crippen LogP contribution in [0.3, 0.4) is 0 Å². The third kappa shape index (κ3) is 1.46. The number of aromatic amines is 1. The number of alkyl halides is 1. The molecule has 1 aromatic carbocycles. The van der Waals surface area contributed by atoms with E-state index in [9.17, 15) is 4.39 Å². The SMILES string of the molecule is CC(F)c1[nH]nc2cc(Br)ccc12. The van der Waals surface area contributed by atoms with Crippen LogP contribution in [0.4, 0.5) is 4.39 Å². The van der Waals surface area contributed by atoms with Crippen molar-refractivity contribution in [3.8, 4) is 0 Å². The minimum atomic E-state index is -1.01. The third-order valence-electron chi connectivity index (χ3n) is 1.94. The standard InChI is InChI=1S/C9H8BrFN2/c1-5(11)9-7-3-2-6(10)4-8(7)12-13-9/h2-5H,1H3,(H,12,13). The van der Waals surface area contributed by atoms with E-state index in [2.05, 4.69) is 26.1 Å². The van der Waals surface area contributed by atoms with Gasteiger partial charge >= 0.3 is 0 Å². The minimum absolute atomic E-state index is 0.544. The molecular formula is C9H8BrFN2. The van der Waals surface area contributed by atoms with E-state index in [0.717, 1.165) is 15.4 Å². The van der Waals surface area contributed by atoms with Crippen molar-refractivity contribution < 1.29 is 4.39 Å². The van der Waals surface area contributed by atoms with Gasteiger partial charge in [-0.3, -0.25) is 5.10 Å². The van der Waals surface area contributed by atoms with Crippen LogP contribution >= 0.6 is 15.9 Å². The van der Waals surface area contributed by atoms with Gasteiger partial charge in [-0.25, -0.2) is 4.39 Å². The molecule has 0 aliphatic carbocycles. The zero-order valence-electron chi connectivity index (χ0n) is 7.01. The van der Waals surface area contributed by atoms with E-state index in [0.29, 0.717) is 5.69 Å². The topological polar surface area (TPSA) is 28.7 Å². The summed E-state index contributed by atoms with van der Waals surface area (Å²) in [6.07, 6.45) is -1.01. The Bertz CT molecular complexity index is 436. The highest BCUT2D eigenvalue weighted by Crippen LogP contribution is 2.25. The molecule has 4 heteroatoms. The maximum Gasteiger partial charge on any atom is 0.139 e. The lowest BCUT2D eigenvalue weighted by atomic mass is 10.2. The fourth-order valence-electron chi connectivity index (χ4n) is 1.31. The molecule has 0 saturated carbocycles. The first kappa shape index (κ1) is 8.69. The summed E-state index contributed by atoms with van der Waals surface area (Å²) in [7, 11) is 0. The zero-order valence-corrected chi connectivity index (χ0v) is 8.60. The van der Waals surface area contributed by atoms with Crippen LogP contribution in [0, 0.1) is 0 Å². The van der Waals surface area contributed by atoms with Crippen LogP contribution in [0.2, 0.25) is 0 Å². The molecule has 0 aliphatic rings. The van der Waals surface area contributed by atoms with E-state index < -0.39 is 6.17 Å². The first-order chi connectivity index (χ1) is 6.18. The van der Waals surface area contributed by atoms with Gasteiger partial charge in [0, 0.05) is 9.86 Å². The van der Waals surface area contributed by atoms with E-state index in [4.69, 9.17) is 0 Å². The second-order valence-corrected chi connectivity index (χ2v) is 3.83. The molecule has 2 nitrogen and oxygen atoms in total. The summed E-state index contributed by atoms with van der Waals surface area (Å²) in [6, 6.07) is 5.59. The minimum Gasteiger partial charge on any atom is -0.278 e.